The molecule has 0 saturated carbocycles. The zero-order chi connectivity index (χ0) is 16.8. The van der Waals surface area contributed by atoms with Gasteiger partial charge in [0, 0.05) is 0 Å². The van der Waals surface area contributed by atoms with Gasteiger partial charge >= 0.3 is 0 Å². The van der Waals surface area contributed by atoms with E-state index in [0.717, 1.165) is 0 Å². The third-order valence-electron chi connectivity index (χ3n) is 3.23. The monoisotopic (exact) mass is 320 g/mol. The maximum Gasteiger partial charge on any atom is 0.287 e. The predicted octanol–water partition coefficient (Wildman–Crippen LogP) is 1.39. The fourth-order valence-electron chi connectivity index (χ4n) is 1.99. The van der Waals surface area contributed by atoms with Gasteiger partial charge in [-0.3, -0.25) is 9.59 Å². The first-order chi connectivity index (χ1) is 11.0. The van der Waals surface area contributed by atoms with Crippen molar-refractivity contribution in [3.63, 3.8) is 0 Å². The van der Waals surface area contributed by atoms with Crippen LogP contribution in [0.2, 0.25) is 0 Å². The largest absolute Gasteiger partial charge is 0.459 e. The Balaban J connectivity index is 1.82. The summed E-state index contributed by atoms with van der Waals surface area (Å²) in [4.78, 5) is 23.4. The maximum atomic E-state index is 12.9. The average Bonchev–Trinajstić information content (AvgIpc) is 3.07. The minimum absolute atomic E-state index is 0.109. The quantitative estimate of drug-likeness (QED) is 0.750. The van der Waals surface area contributed by atoms with E-state index in [-0.39, 0.29) is 12.3 Å². The van der Waals surface area contributed by atoms with E-state index in [2.05, 4.69) is 10.6 Å². The lowest BCUT2D eigenvalue weighted by Gasteiger charge is -2.20. The molecule has 0 bridgehead atoms. The first-order valence-corrected chi connectivity index (χ1v) is 7.02. The molecule has 0 saturated heterocycles. The number of benzene rings is 1. The molecule has 3 N–H and O–H groups in total. The van der Waals surface area contributed by atoms with Crippen molar-refractivity contribution >= 4 is 11.8 Å². The van der Waals surface area contributed by atoms with Gasteiger partial charge in [-0.25, -0.2) is 4.39 Å². The first-order valence-electron chi connectivity index (χ1n) is 7.02. The molecule has 0 spiro atoms. The molecule has 7 heteroatoms. The van der Waals surface area contributed by atoms with Gasteiger partial charge in [-0.1, -0.05) is 12.1 Å². The molecule has 1 aromatic carbocycles. The molecule has 23 heavy (non-hydrogen) atoms. The lowest BCUT2D eigenvalue weighted by molar-refractivity contribution is -0.121. The summed E-state index contributed by atoms with van der Waals surface area (Å²) >= 11 is 0. The Morgan fingerprint density at radius 2 is 1.96 bits per heavy atom. The van der Waals surface area contributed by atoms with Gasteiger partial charge in [-0.15, -0.1) is 0 Å². The summed E-state index contributed by atoms with van der Waals surface area (Å²) < 4.78 is 17.8. The Morgan fingerprint density at radius 3 is 2.57 bits per heavy atom. The number of amides is 2. The molecule has 2 aromatic rings. The molecule has 0 aliphatic heterocycles. The van der Waals surface area contributed by atoms with E-state index in [4.69, 9.17) is 4.42 Å². The highest BCUT2D eigenvalue weighted by Crippen LogP contribution is 2.16. The first kappa shape index (κ1) is 16.7. The van der Waals surface area contributed by atoms with Gasteiger partial charge < -0.3 is 20.2 Å². The highest BCUT2D eigenvalue weighted by molar-refractivity contribution is 5.94. The number of furan rings is 1. The standard InChI is InChI=1S/C16H17FN2O4/c1-10(15(21)11-4-6-12(17)7-5-11)19-14(20)9-18-16(22)13-3-2-8-23-13/h2-8,10,15,21H,9H2,1H3,(H,18,22)(H,19,20). The third-order valence-corrected chi connectivity index (χ3v) is 3.23. The van der Waals surface area contributed by atoms with E-state index < -0.39 is 29.8 Å². The number of rotatable bonds is 6. The van der Waals surface area contributed by atoms with Crippen LogP contribution in [0.3, 0.4) is 0 Å². The summed E-state index contributed by atoms with van der Waals surface area (Å²) in [6, 6.07) is 7.80. The van der Waals surface area contributed by atoms with Crippen molar-refractivity contribution in [2.45, 2.75) is 19.1 Å². The molecular weight excluding hydrogens is 303 g/mol. The SMILES string of the molecule is CC(NC(=O)CNC(=O)c1ccco1)C(O)c1ccc(F)cc1. The lowest BCUT2D eigenvalue weighted by Crippen LogP contribution is -2.43. The molecule has 122 valence electrons. The Morgan fingerprint density at radius 1 is 1.26 bits per heavy atom. The van der Waals surface area contributed by atoms with Crippen LogP contribution in [-0.4, -0.2) is 29.5 Å². The minimum atomic E-state index is -0.986. The number of carbonyl (C=O) groups is 2. The molecule has 2 atom stereocenters. The van der Waals surface area contributed by atoms with Gasteiger partial charge in [0.05, 0.1) is 25.0 Å². The fourth-order valence-corrected chi connectivity index (χ4v) is 1.99. The van der Waals surface area contributed by atoms with Crippen LogP contribution in [0.25, 0.3) is 0 Å². The molecule has 6 nitrogen and oxygen atoms in total. The second-order valence-corrected chi connectivity index (χ2v) is 5.01. The summed E-state index contributed by atoms with van der Waals surface area (Å²) in [5.74, 6) is -1.26. The Labute approximate surface area is 132 Å². The fraction of sp³-hybridized carbons (Fsp3) is 0.250. The third kappa shape index (κ3) is 4.65. The van der Waals surface area contributed by atoms with Crippen molar-refractivity contribution < 1.29 is 23.5 Å². The van der Waals surface area contributed by atoms with Crippen LogP contribution in [0.15, 0.2) is 47.1 Å². The number of aliphatic hydroxyl groups is 1. The summed E-state index contributed by atoms with van der Waals surface area (Å²) in [6.45, 7) is 1.36. The number of nitrogens with one attached hydrogen (secondary N) is 2. The normalized spacial score (nSPS) is 13.2. The van der Waals surface area contributed by atoms with Crippen LogP contribution in [0.1, 0.15) is 29.1 Å². The van der Waals surface area contributed by atoms with Gasteiger partial charge in [-0.2, -0.15) is 0 Å². The number of hydrogen-bond donors (Lipinski definition) is 3. The Bertz CT molecular complexity index is 655. The molecule has 1 aromatic heterocycles. The lowest BCUT2D eigenvalue weighted by atomic mass is 10.0. The number of hydrogen-bond acceptors (Lipinski definition) is 4. The smallest absolute Gasteiger partial charge is 0.287 e. The van der Waals surface area contributed by atoms with Crippen LogP contribution in [0, 0.1) is 5.82 Å². The molecular formula is C16H17FN2O4. The summed E-state index contributed by atoms with van der Waals surface area (Å²) in [7, 11) is 0. The van der Waals surface area contributed by atoms with Crippen molar-refractivity contribution in [3.8, 4) is 0 Å². The minimum Gasteiger partial charge on any atom is -0.459 e. The summed E-state index contributed by atoms with van der Waals surface area (Å²) in [6.07, 6.45) is 0.371. The number of carbonyl (C=O) groups excluding carboxylic acids is 2. The molecule has 1 heterocycles. The molecule has 2 amide bonds. The van der Waals surface area contributed by atoms with Crippen molar-refractivity contribution in [2.75, 3.05) is 6.54 Å². The molecule has 2 unspecified atom stereocenters. The number of aliphatic hydroxyl groups excluding tert-OH is 1. The van der Waals surface area contributed by atoms with Gasteiger partial charge in [0.15, 0.2) is 5.76 Å². The highest BCUT2D eigenvalue weighted by Gasteiger charge is 2.19. The molecule has 0 aliphatic carbocycles. The zero-order valence-corrected chi connectivity index (χ0v) is 12.5. The van der Waals surface area contributed by atoms with E-state index in [9.17, 15) is 19.1 Å². The second kappa shape index (κ2) is 7.55. The van der Waals surface area contributed by atoms with Crippen LogP contribution < -0.4 is 10.6 Å². The molecule has 0 fully saturated rings. The number of halogens is 1. The van der Waals surface area contributed by atoms with Crippen LogP contribution in [-0.2, 0) is 4.79 Å². The highest BCUT2D eigenvalue weighted by atomic mass is 19.1. The van der Waals surface area contributed by atoms with Gasteiger partial charge in [0.2, 0.25) is 5.91 Å². The van der Waals surface area contributed by atoms with E-state index in [0.29, 0.717) is 5.56 Å². The summed E-state index contributed by atoms with van der Waals surface area (Å²) in [5.41, 5.74) is 0.485. The van der Waals surface area contributed by atoms with Crippen LogP contribution >= 0.6 is 0 Å². The van der Waals surface area contributed by atoms with Crippen LogP contribution in [0.4, 0.5) is 4.39 Å². The molecule has 2 rings (SSSR count). The molecule has 0 radical (unpaired) electrons. The van der Waals surface area contributed by atoms with E-state index in [1.807, 2.05) is 0 Å². The Kier molecular flexibility index (Phi) is 5.48. The Hall–Kier alpha value is -2.67. The second-order valence-electron chi connectivity index (χ2n) is 5.01. The summed E-state index contributed by atoms with van der Waals surface area (Å²) in [5, 5.41) is 15.1. The van der Waals surface area contributed by atoms with E-state index in [1.165, 1.54) is 36.6 Å². The van der Waals surface area contributed by atoms with E-state index >= 15 is 0 Å². The van der Waals surface area contributed by atoms with Crippen molar-refractivity contribution in [3.05, 3.63) is 59.8 Å². The van der Waals surface area contributed by atoms with Crippen molar-refractivity contribution in [1.82, 2.24) is 10.6 Å². The van der Waals surface area contributed by atoms with Gasteiger partial charge in [0.25, 0.3) is 5.91 Å². The predicted molar refractivity (Wildman–Crippen MR) is 80.0 cm³/mol. The van der Waals surface area contributed by atoms with E-state index in [1.54, 1.807) is 13.0 Å². The maximum absolute atomic E-state index is 12.9. The topological polar surface area (TPSA) is 91.6 Å². The van der Waals surface area contributed by atoms with Crippen molar-refractivity contribution in [1.29, 1.82) is 0 Å². The van der Waals surface area contributed by atoms with Gasteiger partial charge in [-0.05, 0) is 36.8 Å². The van der Waals surface area contributed by atoms with Gasteiger partial charge in [0.1, 0.15) is 5.82 Å². The zero-order valence-electron chi connectivity index (χ0n) is 12.5. The van der Waals surface area contributed by atoms with Crippen molar-refractivity contribution in [2.24, 2.45) is 0 Å². The molecule has 0 aliphatic rings. The van der Waals surface area contributed by atoms with Crippen LogP contribution in [0.5, 0.6) is 0 Å². The average molecular weight is 320 g/mol.